The van der Waals surface area contributed by atoms with Gasteiger partial charge in [0.05, 0.1) is 0 Å². The highest BCUT2D eigenvalue weighted by atomic mass is 16.4. The van der Waals surface area contributed by atoms with Crippen LogP contribution in [0.4, 0.5) is 0 Å². The Morgan fingerprint density at radius 1 is 1.21 bits per heavy atom. The van der Waals surface area contributed by atoms with Crippen molar-refractivity contribution >= 4 is 5.97 Å². The minimum absolute atomic E-state index is 0.407. The van der Waals surface area contributed by atoms with Crippen LogP contribution in [-0.4, -0.2) is 48.2 Å². The fourth-order valence-electron chi connectivity index (χ4n) is 2.23. The van der Waals surface area contributed by atoms with Crippen molar-refractivity contribution in [3.05, 3.63) is 0 Å². The second-order valence-corrected chi connectivity index (χ2v) is 5.21. The third-order valence-corrected chi connectivity index (χ3v) is 3.79. The highest BCUT2D eigenvalue weighted by molar-refractivity contribution is 5.73. The first kappa shape index (κ1) is 18.4. The van der Waals surface area contributed by atoms with Gasteiger partial charge in [0.25, 0.3) is 0 Å². The van der Waals surface area contributed by atoms with Crippen LogP contribution < -0.4 is 5.32 Å². The summed E-state index contributed by atoms with van der Waals surface area (Å²) in [5.41, 5.74) is 0. The van der Waals surface area contributed by atoms with Crippen molar-refractivity contribution in [3.63, 3.8) is 0 Å². The number of carboxylic acids is 1. The second-order valence-electron chi connectivity index (χ2n) is 5.21. The van der Waals surface area contributed by atoms with Gasteiger partial charge in [0.15, 0.2) is 0 Å². The van der Waals surface area contributed by atoms with Crippen LogP contribution in [0, 0.1) is 5.92 Å². The maximum atomic E-state index is 11.2. The van der Waals surface area contributed by atoms with Crippen molar-refractivity contribution in [1.29, 1.82) is 0 Å². The smallest absolute Gasteiger partial charge is 0.320 e. The molecule has 0 bridgehead atoms. The van der Waals surface area contributed by atoms with Gasteiger partial charge in [-0.3, -0.25) is 4.79 Å². The first-order valence-corrected chi connectivity index (χ1v) is 7.77. The molecule has 0 radical (unpaired) electrons. The van der Waals surface area contributed by atoms with Crippen LogP contribution >= 0.6 is 0 Å². The van der Waals surface area contributed by atoms with E-state index in [2.05, 4.69) is 37.9 Å². The molecule has 0 fully saturated rings. The van der Waals surface area contributed by atoms with Crippen molar-refractivity contribution in [2.24, 2.45) is 5.92 Å². The number of aliphatic carboxylic acids is 1. The quantitative estimate of drug-likeness (QED) is 0.573. The third-order valence-electron chi connectivity index (χ3n) is 3.79. The molecule has 0 heterocycles. The molecule has 0 aliphatic heterocycles. The summed E-state index contributed by atoms with van der Waals surface area (Å²) in [7, 11) is 0. The average Bonchev–Trinajstić information content (AvgIpc) is 2.41. The van der Waals surface area contributed by atoms with Crippen molar-refractivity contribution in [2.75, 3.05) is 26.2 Å². The van der Waals surface area contributed by atoms with Crippen LogP contribution in [0.5, 0.6) is 0 Å². The van der Waals surface area contributed by atoms with E-state index in [4.69, 9.17) is 0 Å². The minimum Gasteiger partial charge on any atom is -0.480 e. The molecule has 0 spiro atoms. The molecule has 4 heteroatoms. The van der Waals surface area contributed by atoms with E-state index in [1.807, 2.05) is 0 Å². The number of nitrogens with zero attached hydrogens (tertiary/aromatic N) is 1. The number of carboxylic acid groups (broad SMARTS) is 1. The Balaban J connectivity index is 4.17. The van der Waals surface area contributed by atoms with Gasteiger partial charge < -0.3 is 15.3 Å². The first-order chi connectivity index (χ1) is 9.08. The molecule has 4 nitrogen and oxygen atoms in total. The predicted octanol–water partition coefficient (Wildman–Crippen LogP) is 2.59. The Morgan fingerprint density at radius 2 is 1.84 bits per heavy atom. The maximum Gasteiger partial charge on any atom is 0.320 e. The lowest BCUT2D eigenvalue weighted by atomic mass is 10.0. The second kappa shape index (κ2) is 11.2. The largest absolute Gasteiger partial charge is 0.480 e. The molecule has 19 heavy (non-hydrogen) atoms. The van der Waals surface area contributed by atoms with E-state index in [1.165, 1.54) is 12.8 Å². The molecule has 0 saturated heterocycles. The lowest BCUT2D eigenvalue weighted by Crippen LogP contribution is -2.41. The van der Waals surface area contributed by atoms with E-state index in [1.54, 1.807) is 0 Å². The predicted molar refractivity (Wildman–Crippen MR) is 80.5 cm³/mol. The fraction of sp³-hybridized carbons (Fsp3) is 0.933. The van der Waals surface area contributed by atoms with Crippen molar-refractivity contribution in [2.45, 2.75) is 59.4 Å². The number of nitrogens with one attached hydrogen (secondary N) is 1. The summed E-state index contributed by atoms with van der Waals surface area (Å²) >= 11 is 0. The molecule has 1 unspecified atom stereocenters. The third kappa shape index (κ3) is 8.22. The summed E-state index contributed by atoms with van der Waals surface area (Å²) in [4.78, 5) is 13.5. The summed E-state index contributed by atoms with van der Waals surface area (Å²) in [5.74, 6) is -0.00105. The molecule has 0 aromatic heterocycles. The van der Waals surface area contributed by atoms with Gasteiger partial charge >= 0.3 is 5.97 Å². The van der Waals surface area contributed by atoms with Crippen LogP contribution in [0.15, 0.2) is 0 Å². The Bertz CT molecular complexity index is 230. The van der Waals surface area contributed by atoms with Crippen LogP contribution in [0.3, 0.4) is 0 Å². The summed E-state index contributed by atoms with van der Waals surface area (Å²) in [5, 5.41) is 12.3. The van der Waals surface area contributed by atoms with Crippen LogP contribution in [-0.2, 0) is 4.79 Å². The molecule has 0 amide bonds. The molecule has 0 rings (SSSR count). The summed E-state index contributed by atoms with van der Waals surface area (Å²) in [6, 6.07) is -0.407. The first-order valence-electron chi connectivity index (χ1n) is 7.77. The molecule has 0 aliphatic rings. The lowest BCUT2D eigenvalue weighted by Gasteiger charge is -2.26. The summed E-state index contributed by atoms with van der Waals surface area (Å²) < 4.78 is 0. The van der Waals surface area contributed by atoms with Gasteiger partial charge in [-0.15, -0.1) is 0 Å². The molecule has 0 aromatic rings. The monoisotopic (exact) mass is 272 g/mol. The van der Waals surface area contributed by atoms with Gasteiger partial charge in [0.1, 0.15) is 6.04 Å². The van der Waals surface area contributed by atoms with E-state index in [-0.39, 0.29) is 0 Å². The summed E-state index contributed by atoms with van der Waals surface area (Å²) in [6.45, 7) is 12.4. The van der Waals surface area contributed by atoms with Crippen LogP contribution in [0.2, 0.25) is 0 Å². The average molecular weight is 272 g/mol. The molecular weight excluding hydrogens is 240 g/mol. The van der Waals surface area contributed by atoms with Gasteiger partial charge in [-0.1, -0.05) is 40.5 Å². The molecule has 2 N–H and O–H groups in total. The van der Waals surface area contributed by atoms with Gasteiger partial charge in [-0.25, -0.2) is 0 Å². The number of hydrogen-bond acceptors (Lipinski definition) is 3. The van der Waals surface area contributed by atoms with Crippen LogP contribution in [0.25, 0.3) is 0 Å². The lowest BCUT2D eigenvalue weighted by molar-refractivity contribution is -0.139. The maximum absolute atomic E-state index is 11.2. The normalized spacial score (nSPS) is 13.2. The number of rotatable bonds is 12. The van der Waals surface area contributed by atoms with Gasteiger partial charge in [-0.05, 0) is 31.8 Å². The standard InChI is InChI=1S/C15H32N2O2/c1-5-10-16-14(15(18)19)9-11-17(8-4)12-13(6-2)7-3/h13-14,16H,5-12H2,1-4H3,(H,18,19). The van der Waals surface area contributed by atoms with Crippen molar-refractivity contribution in [1.82, 2.24) is 10.2 Å². The van der Waals surface area contributed by atoms with Gasteiger partial charge in [-0.2, -0.15) is 0 Å². The van der Waals surface area contributed by atoms with E-state index in [9.17, 15) is 9.90 Å². The number of hydrogen-bond donors (Lipinski definition) is 2. The van der Waals surface area contributed by atoms with Gasteiger partial charge in [0, 0.05) is 13.1 Å². The molecule has 0 saturated carbocycles. The summed E-state index contributed by atoms with van der Waals surface area (Å²) in [6.07, 6.45) is 4.05. The number of carbonyl (C=O) groups is 1. The van der Waals surface area contributed by atoms with Crippen LogP contribution in [0.1, 0.15) is 53.4 Å². The van der Waals surface area contributed by atoms with E-state index >= 15 is 0 Å². The molecule has 1 atom stereocenters. The van der Waals surface area contributed by atoms with Gasteiger partial charge in [0.2, 0.25) is 0 Å². The Kier molecular flexibility index (Phi) is 10.9. The Hall–Kier alpha value is -0.610. The molecular formula is C15H32N2O2. The van der Waals surface area contributed by atoms with Crippen molar-refractivity contribution in [3.8, 4) is 0 Å². The van der Waals surface area contributed by atoms with E-state index in [0.717, 1.165) is 38.5 Å². The topological polar surface area (TPSA) is 52.6 Å². The Morgan fingerprint density at radius 3 is 2.26 bits per heavy atom. The van der Waals surface area contributed by atoms with Crippen molar-refractivity contribution < 1.29 is 9.90 Å². The zero-order valence-corrected chi connectivity index (χ0v) is 13.1. The highest BCUT2D eigenvalue weighted by Gasteiger charge is 2.18. The molecule has 0 aromatic carbocycles. The zero-order valence-electron chi connectivity index (χ0n) is 13.1. The highest BCUT2D eigenvalue weighted by Crippen LogP contribution is 2.10. The SMILES string of the molecule is CCCNC(CCN(CC)CC(CC)CC)C(=O)O. The minimum atomic E-state index is -0.730. The van der Waals surface area contributed by atoms with E-state index < -0.39 is 12.0 Å². The molecule has 114 valence electrons. The van der Waals surface area contributed by atoms with E-state index in [0.29, 0.717) is 6.42 Å². The fourth-order valence-corrected chi connectivity index (χ4v) is 2.23. The molecule has 0 aliphatic carbocycles. The Labute approximate surface area is 118 Å². The zero-order chi connectivity index (χ0) is 14.7.